The number of benzene rings is 2. The van der Waals surface area contributed by atoms with Gasteiger partial charge in [0.2, 0.25) is 0 Å². The van der Waals surface area contributed by atoms with Crippen LogP contribution in [-0.2, 0) is 0 Å². The minimum Gasteiger partial charge on any atom is -0.293 e. The Labute approximate surface area is 135 Å². The number of fused-ring (bicyclic) bond motifs is 1. The largest absolute Gasteiger partial charge is 0.293 e. The van der Waals surface area contributed by atoms with Crippen LogP contribution in [0.4, 0.5) is 0 Å². The number of thioether (sulfide) groups is 1. The van der Waals surface area contributed by atoms with Gasteiger partial charge in [-0.1, -0.05) is 28.1 Å². The Morgan fingerprint density at radius 2 is 2.00 bits per heavy atom. The molecule has 0 atom stereocenters. The summed E-state index contributed by atoms with van der Waals surface area (Å²) in [6.07, 6.45) is 1.76. The fraction of sp³-hybridized carbons (Fsp3) is 0.0588. The summed E-state index contributed by atoms with van der Waals surface area (Å²) in [6.45, 7) is 0. The molecule has 1 aromatic heterocycles. The van der Waals surface area contributed by atoms with Crippen LogP contribution in [0.5, 0.6) is 0 Å². The number of rotatable bonds is 4. The molecule has 2 nitrogen and oxygen atoms in total. The van der Waals surface area contributed by atoms with E-state index in [1.54, 1.807) is 18.0 Å². The Balaban J connectivity index is 1.74. The zero-order valence-electron chi connectivity index (χ0n) is 11.1. The van der Waals surface area contributed by atoms with E-state index in [1.807, 2.05) is 54.6 Å². The molecule has 0 saturated carbocycles. The number of nitrogens with zero attached hydrogens (tertiary/aromatic N) is 1. The molecule has 21 heavy (non-hydrogen) atoms. The Hall–Kier alpha value is -1.65. The lowest BCUT2D eigenvalue weighted by Crippen LogP contribution is -2.02. The molecular weight excluding hydrogens is 346 g/mol. The van der Waals surface area contributed by atoms with Crippen molar-refractivity contribution in [3.8, 4) is 0 Å². The maximum absolute atomic E-state index is 12.3. The molecule has 4 heteroatoms. The Morgan fingerprint density at radius 3 is 2.86 bits per heavy atom. The molecule has 2 aromatic carbocycles. The van der Waals surface area contributed by atoms with Gasteiger partial charge in [0.05, 0.1) is 11.3 Å². The van der Waals surface area contributed by atoms with Crippen LogP contribution in [0.3, 0.4) is 0 Å². The van der Waals surface area contributed by atoms with Crippen LogP contribution in [0.1, 0.15) is 10.4 Å². The van der Waals surface area contributed by atoms with Crippen molar-refractivity contribution >= 4 is 44.4 Å². The molecule has 0 aliphatic rings. The maximum atomic E-state index is 12.3. The number of carbonyl (C=O) groups excluding carboxylic acids is 1. The fourth-order valence-electron chi connectivity index (χ4n) is 2.04. The van der Waals surface area contributed by atoms with Gasteiger partial charge in [0.1, 0.15) is 0 Å². The van der Waals surface area contributed by atoms with Crippen LogP contribution in [0.2, 0.25) is 0 Å². The topological polar surface area (TPSA) is 30.0 Å². The lowest BCUT2D eigenvalue weighted by atomic mass is 10.1. The first kappa shape index (κ1) is 14.3. The average molecular weight is 358 g/mol. The standard InChI is InChI=1S/C17H12BrNOS/c18-14-4-1-5-15(10-14)21-11-17(20)13-6-7-16-12(9-13)3-2-8-19-16/h1-10H,11H2. The zero-order chi connectivity index (χ0) is 14.7. The number of aromatic nitrogens is 1. The van der Waals surface area contributed by atoms with Gasteiger partial charge in [-0.15, -0.1) is 11.8 Å². The molecule has 0 saturated heterocycles. The maximum Gasteiger partial charge on any atom is 0.173 e. The van der Waals surface area contributed by atoms with Crippen LogP contribution in [0.25, 0.3) is 10.9 Å². The summed E-state index contributed by atoms with van der Waals surface area (Å²) in [7, 11) is 0. The first-order valence-electron chi connectivity index (χ1n) is 6.49. The SMILES string of the molecule is O=C(CSc1cccc(Br)c1)c1ccc2ncccc2c1. The van der Waals surface area contributed by atoms with E-state index in [4.69, 9.17) is 0 Å². The number of hydrogen-bond donors (Lipinski definition) is 0. The first-order valence-corrected chi connectivity index (χ1v) is 8.26. The fourth-order valence-corrected chi connectivity index (χ4v) is 3.44. The Morgan fingerprint density at radius 1 is 1.10 bits per heavy atom. The highest BCUT2D eigenvalue weighted by atomic mass is 79.9. The molecule has 0 aliphatic heterocycles. The van der Waals surface area contributed by atoms with Crippen LogP contribution < -0.4 is 0 Å². The van der Waals surface area contributed by atoms with Crippen LogP contribution >= 0.6 is 27.7 Å². The molecule has 0 bridgehead atoms. The molecule has 0 amide bonds. The predicted octanol–water partition coefficient (Wildman–Crippen LogP) is 4.97. The Kier molecular flexibility index (Phi) is 4.36. The minimum absolute atomic E-state index is 0.130. The summed E-state index contributed by atoms with van der Waals surface area (Å²) in [5.74, 6) is 0.563. The highest BCUT2D eigenvalue weighted by Crippen LogP contribution is 2.23. The Bertz CT molecular complexity index is 803. The highest BCUT2D eigenvalue weighted by molar-refractivity contribution is 9.10. The third-order valence-electron chi connectivity index (χ3n) is 3.09. The predicted molar refractivity (Wildman–Crippen MR) is 90.9 cm³/mol. The number of pyridine rings is 1. The van der Waals surface area contributed by atoms with Crippen molar-refractivity contribution in [2.24, 2.45) is 0 Å². The quantitative estimate of drug-likeness (QED) is 0.487. The van der Waals surface area contributed by atoms with Gasteiger partial charge in [-0.25, -0.2) is 0 Å². The van der Waals surface area contributed by atoms with E-state index >= 15 is 0 Å². The number of halogens is 1. The molecule has 0 spiro atoms. The van der Waals surface area contributed by atoms with E-state index in [0.29, 0.717) is 5.75 Å². The molecule has 0 fully saturated rings. The van der Waals surface area contributed by atoms with E-state index in [9.17, 15) is 4.79 Å². The lowest BCUT2D eigenvalue weighted by Gasteiger charge is -2.04. The van der Waals surface area contributed by atoms with E-state index in [1.165, 1.54) is 0 Å². The molecule has 1 heterocycles. The summed E-state index contributed by atoms with van der Waals surface area (Å²) in [6, 6.07) is 17.5. The molecule has 3 aromatic rings. The van der Waals surface area contributed by atoms with Crippen molar-refractivity contribution < 1.29 is 4.79 Å². The third-order valence-corrected chi connectivity index (χ3v) is 4.58. The van der Waals surface area contributed by atoms with E-state index in [-0.39, 0.29) is 5.78 Å². The second kappa shape index (κ2) is 6.41. The molecule has 0 unspecified atom stereocenters. The molecule has 3 rings (SSSR count). The van der Waals surface area contributed by atoms with Crippen LogP contribution in [-0.4, -0.2) is 16.5 Å². The van der Waals surface area contributed by atoms with Gasteiger partial charge < -0.3 is 0 Å². The van der Waals surface area contributed by atoms with Gasteiger partial charge in [-0.3, -0.25) is 9.78 Å². The van der Waals surface area contributed by atoms with Crippen molar-refractivity contribution in [3.63, 3.8) is 0 Å². The van der Waals surface area contributed by atoms with Crippen LogP contribution in [0.15, 0.2) is 70.2 Å². The van der Waals surface area contributed by atoms with E-state index < -0.39 is 0 Å². The molecule has 0 radical (unpaired) electrons. The van der Waals surface area contributed by atoms with Gasteiger partial charge in [-0.2, -0.15) is 0 Å². The smallest absolute Gasteiger partial charge is 0.173 e. The average Bonchev–Trinajstić information content (AvgIpc) is 2.52. The molecule has 0 aliphatic carbocycles. The van der Waals surface area contributed by atoms with Crippen LogP contribution in [0, 0.1) is 0 Å². The second-order valence-corrected chi connectivity index (χ2v) is 6.54. The highest BCUT2D eigenvalue weighted by Gasteiger charge is 2.08. The molecule has 104 valence electrons. The van der Waals surface area contributed by atoms with Gasteiger partial charge >= 0.3 is 0 Å². The summed E-state index contributed by atoms with van der Waals surface area (Å²) >= 11 is 4.98. The summed E-state index contributed by atoms with van der Waals surface area (Å²) in [4.78, 5) is 17.6. The second-order valence-electron chi connectivity index (χ2n) is 4.58. The monoisotopic (exact) mass is 357 g/mol. The van der Waals surface area contributed by atoms with E-state index in [0.717, 1.165) is 25.8 Å². The van der Waals surface area contributed by atoms with Gasteiger partial charge in [-0.05, 0) is 42.5 Å². The first-order chi connectivity index (χ1) is 10.2. The van der Waals surface area contributed by atoms with Crippen molar-refractivity contribution in [1.82, 2.24) is 4.98 Å². The lowest BCUT2D eigenvalue weighted by molar-refractivity contribution is 0.102. The summed E-state index contributed by atoms with van der Waals surface area (Å²) in [5, 5.41) is 0.996. The van der Waals surface area contributed by atoms with Crippen molar-refractivity contribution in [3.05, 3.63) is 70.8 Å². The van der Waals surface area contributed by atoms with Gasteiger partial charge in [0.15, 0.2) is 5.78 Å². The van der Waals surface area contributed by atoms with Gasteiger partial charge in [0.25, 0.3) is 0 Å². The molecule has 0 N–H and O–H groups in total. The summed E-state index contributed by atoms with van der Waals surface area (Å²) in [5.41, 5.74) is 1.65. The minimum atomic E-state index is 0.130. The number of Topliss-reactive ketones (excluding diaryl/α,β-unsaturated/α-hetero) is 1. The number of ketones is 1. The number of carbonyl (C=O) groups is 1. The van der Waals surface area contributed by atoms with Crippen molar-refractivity contribution in [2.45, 2.75) is 4.90 Å². The van der Waals surface area contributed by atoms with Crippen molar-refractivity contribution in [2.75, 3.05) is 5.75 Å². The van der Waals surface area contributed by atoms with Gasteiger partial charge in [0, 0.05) is 26.5 Å². The van der Waals surface area contributed by atoms with Crippen molar-refractivity contribution in [1.29, 1.82) is 0 Å². The third kappa shape index (κ3) is 3.52. The summed E-state index contributed by atoms with van der Waals surface area (Å²) < 4.78 is 1.02. The van der Waals surface area contributed by atoms with E-state index in [2.05, 4.69) is 20.9 Å². The number of hydrogen-bond acceptors (Lipinski definition) is 3. The molecular formula is C17H12BrNOS. The normalized spacial score (nSPS) is 10.7. The zero-order valence-corrected chi connectivity index (χ0v) is 13.5.